The van der Waals surface area contributed by atoms with Crippen molar-refractivity contribution < 1.29 is 14.6 Å². The molecule has 0 aromatic carbocycles. The standard InChI is InChI=1S/C7H11NO3.ClH/c9-6(10)7-3-8-1-5(7)2-11-4-7;/h5,8H,1-4H2,(H,9,10);1H. The maximum absolute atomic E-state index is 10.9. The molecule has 0 aromatic rings. The SMILES string of the molecule is Cl.O=C(O)C12CNCC1COC2. The Hall–Kier alpha value is -0.320. The van der Waals surface area contributed by atoms with Crippen LogP contribution in [0.3, 0.4) is 0 Å². The summed E-state index contributed by atoms with van der Waals surface area (Å²) in [6.07, 6.45) is 0. The minimum absolute atomic E-state index is 0. The van der Waals surface area contributed by atoms with Gasteiger partial charge in [0, 0.05) is 19.0 Å². The zero-order chi connectivity index (χ0) is 7.90. The smallest absolute Gasteiger partial charge is 0.313 e. The van der Waals surface area contributed by atoms with Crippen molar-refractivity contribution in [2.75, 3.05) is 26.3 Å². The molecule has 0 saturated carbocycles. The molecule has 70 valence electrons. The summed E-state index contributed by atoms with van der Waals surface area (Å²) in [6.45, 7) is 2.32. The number of halogens is 1. The van der Waals surface area contributed by atoms with E-state index in [9.17, 15) is 4.79 Å². The Labute approximate surface area is 76.7 Å². The second-order valence-electron chi connectivity index (χ2n) is 3.30. The zero-order valence-corrected chi connectivity index (χ0v) is 7.39. The van der Waals surface area contributed by atoms with Gasteiger partial charge in [0.25, 0.3) is 0 Å². The van der Waals surface area contributed by atoms with Crippen molar-refractivity contribution in [3.63, 3.8) is 0 Å². The summed E-state index contributed by atoms with van der Waals surface area (Å²) in [4.78, 5) is 10.9. The van der Waals surface area contributed by atoms with E-state index in [1.807, 2.05) is 0 Å². The molecular formula is C7H12ClNO3. The fourth-order valence-corrected chi connectivity index (χ4v) is 1.89. The third-order valence-electron chi connectivity index (χ3n) is 2.72. The average Bonchev–Trinajstić information content (AvgIpc) is 2.40. The lowest BCUT2D eigenvalue weighted by molar-refractivity contribution is -0.149. The molecule has 0 spiro atoms. The Morgan fingerprint density at radius 1 is 1.67 bits per heavy atom. The molecule has 0 bridgehead atoms. The van der Waals surface area contributed by atoms with Crippen molar-refractivity contribution in [1.82, 2.24) is 5.32 Å². The third-order valence-corrected chi connectivity index (χ3v) is 2.72. The summed E-state index contributed by atoms with van der Waals surface area (Å²) < 4.78 is 5.16. The van der Waals surface area contributed by atoms with Crippen LogP contribution in [-0.2, 0) is 9.53 Å². The first-order chi connectivity index (χ1) is 5.26. The molecule has 2 N–H and O–H groups in total. The number of fused-ring (bicyclic) bond motifs is 1. The number of carbonyl (C=O) groups is 1. The number of nitrogens with one attached hydrogen (secondary N) is 1. The number of carboxylic acids is 1. The van der Waals surface area contributed by atoms with Crippen LogP contribution in [0.5, 0.6) is 0 Å². The Bertz CT molecular complexity index is 187. The van der Waals surface area contributed by atoms with Crippen LogP contribution in [0.25, 0.3) is 0 Å². The van der Waals surface area contributed by atoms with Crippen molar-refractivity contribution >= 4 is 18.4 Å². The summed E-state index contributed by atoms with van der Waals surface area (Å²) in [5, 5.41) is 12.0. The molecule has 0 amide bonds. The Morgan fingerprint density at radius 2 is 2.42 bits per heavy atom. The van der Waals surface area contributed by atoms with Gasteiger partial charge in [-0.2, -0.15) is 0 Å². The van der Waals surface area contributed by atoms with Crippen LogP contribution in [0.15, 0.2) is 0 Å². The second-order valence-corrected chi connectivity index (χ2v) is 3.30. The minimum Gasteiger partial charge on any atom is -0.481 e. The Balaban J connectivity index is 0.000000720. The minimum atomic E-state index is -0.718. The van der Waals surface area contributed by atoms with Crippen LogP contribution >= 0.6 is 12.4 Å². The molecule has 2 aliphatic rings. The monoisotopic (exact) mass is 193 g/mol. The van der Waals surface area contributed by atoms with E-state index in [0.717, 1.165) is 6.54 Å². The summed E-state index contributed by atoms with van der Waals surface area (Å²) >= 11 is 0. The molecule has 0 radical (unpaired) electrons. The summed E-state index contributed by atoms with van der Waals surface area (Å²) in [5.74, 6) is -0.537. The van der Waals surface area contributed by atoms with Gasteiger partial charge < -0.3 is 15.2 Å². The third kappa shape index (κ3) is 1.11. The molecule has 2 rings (SSSR count). The summed E-state index contributed by atoms with van der Waals surface area (Å²) in [7, 11) is 0. The fourth-order valence-electron chi connectivity index (χ4n) is 1.89. The van der Waals surface area contributed by atoms with Gasteiger partial charge in [-0.3, -0.25) is 4.79 Å². The van der Waals surface area contributed by atoms with E-state index in [1.165, 1.54) is 0 Å². The molecule has 2 heterocycles. The van der Waals surface area contributed by atoms with Gasteiger partial charge in [-0.05, 0) is 0 Å². The molecule has 2 atom stereocenters. The predicted molar refractivity (Wildman–Crippen MR) is 44.5 cm³/mol. The highest BCUT2D eigenvalue weighted by Crippen LogP contribution is 2.37. The maximum Gasteiger partial charge on any atom is 0.313 e. The van der Waals surface area contributed by atoms with Crippen LogP contribution in [0.4, 0.5) is 0 Å². The van der Waals surface area contributed by atoms with E-state index in [4.69, 9.17) is 9.84 Å². The molecular weight excluding hydrogens is 182 g/mol. The van der Waals surface area contributed by atoms with Crippen LogP contribution < -0.4 is 5.32 Å². The molecule has 4 nitrogen and oxygen atoms in total. The van der Waals surface area contributed by atoms with Crippen LogP contribution in [0.1, 0.15) is 0 Å². The molecule has 2 aliphatic heterocycles. The van der Waals surface area contributed by atoms with Crippen molar-refractivity contribution in [2.24, 2.45) is 11.3 Å². The van der Waals surface area contributed by atoms with Gasteiger partial charge in [-0.25, -0.2) is 0 Å². The highest BCUT2D eigenvalue weighted by atomic mass is 35.5. The largest absolute Gasteiger partial charge is 0.481 e. The number of rotatable bonds is 1. The molecule has 0 aliphatic carbocycles. The number of ether oxygens (including phenoxy) is 1. The van der Waals surface area contributed by atoms with E-state index >= 15 is 0 Å². The first-order valence-electron chi connectivity index (χ1n) is 3.77. The highest BCUT2D eigenvalue weighted by molar-refractivity contribution is 5.85. The lowest BCUT2D eigenvalue weighted by Gasteiger charge is -2.19. The van der Waals surface area contributed by atoms with E-state index in [-0.39, 0.29) is 18.3 Å². The summed E-state index contributed by atoms with van der Waals surface area (Å²) in [5.41, 5.74) is -0.611. The van der Waals surface area contributed by atoms with Crippen molar-refractivity contribution in [1.29, 1.82) is 0 Å². The van der Waals surface area contributed by atoms with Gasteiger partial charge >= 0.3 is 5.97 Å². The quantitative estimate of drug-likeness (QED) is 0.602. The zero-order valence-electron chi connectivity index (χ0n) is 6.58. The van der Waals surface area contributed by atoms with Crippen molar-refractivity contribution in [3.05, 3.63) is 0 Å². The highest BCUT2D eigenvalue weighted by Gasteiger charge is 2.53. The van der Waals surface area contributed by atoms with Gasteiger partial charge in [-0.1, -0.05) is 0 Å². The Morgan fingerprint density at radius 3 is 3.00 bits per heavy atom. The first-order valence-corrected chi connectivity index (χ1v) is 3.77. The number of carboxylic acid groups (broad SMARTS) is 1. The second kappa shape index (κ2) is 3.20. The van der Waals surface area contributed by atoms with Crippen LogP contribution in [0.2, 0.25) is 0 Å². The molecule has 0 aromatic heterocycles. The molecule has 2 fully saturated rings. The fraction of sp³-hybridized carbons (Fsp3) is 0.857. The topological polar surface area (TPSA) is 58.6 Å². The van der Waals surface area contributed by atoms with Gasteiger partial charge in [0.1, 0.15) is 5.41 Å². The molecule has 2 saturated heterocycles. The van der Waals surface area contributed by atoms with Crippen LogP contribution in [-0.4, -0.2) is 37.4 Å². The first kappa shape index (κ1) is 9.77. The van der Waals surface area contributed by atoms with E-state index in [0.29, 0.717) is 19.8 Å². The number of hydrogen-bond acceptors (Lipinski definition) is 3. The maximum atomic E-state index is 10.9. The van der Waals surface area contributed by atoms with Gasteiger partial charge in [0.15, 0.2) is 0 Å². The predicted octanol–water partition coefficient (Wildman–Crippen LogP) is -0.271. The lowest BCUT2D eigenvalue weighted by Crippen LogP contribution is -2.38. The molecule has 5 heteroatoms. The molecule has 12 heavy (non-hydrogen) atoms. The lowest BCUT2D eigenvalue weighted by atomic mass is 9.81. The number of hydrogen-bond donors (Lipinski definition) is 2. The van der Waals surface area contributed by atoms with Gasteiger partial charge in [0.05, 0.1) is 13.2 Å². The van der Waals surface area contributed by atoms with Gasteiger partial charge in [-0.15, -0.1) is 12.4 Å². The molecule has 2 unspecified atom stereocenters. The summed E-state index contributed by atoms with van der Waals surface area (Å²) in [6, 6.07) is 0. The van der Waals surface area contributed by atoms with Gasteiger partial charge in [0.2, 0.25) is 0 Å². The van der Waals surface area contributed by atoms with Crippen LogP contribution in [0, 0.1) is 11.3 Å². The number of aliphatic carboxylic acids is 1. The van der Waals surface area contributed by atoms with E-state index in [1.54, 1.807) is 0 Å². The van der Waals surface area contributed by atoms with E-state index < -0.39 is 11.4 Å². The van der Waals surface area contributed by atoms with Crippen molar-refractivity contribution in [2.45, 2.75) is 0 Å². The Kier molecular flexibility index (Phi) is 2.61. The normalized spacial score (nSPS) is 38.8. The van der Waals surface area contributed by atoms with Crippen molar-refractivity contribution in [3.8, 4) is 0 Å². The average molecular weight is 194 g/mol. The van der Waals surface area contributed by atoms with E-state index in [2.05, 4.69) is 5.32 Å².